The molecule has 0 radical (unpaired) electrons. The van der Waals surface area contributed by atoms with Crippen LogP contribution in [0.3, 0.4) is 0 Å². The molecule has 29 heavy (non-hydrogen) atoms. The number of thioether (sulfide) groups is 1. The Bertz CT molecular complexity index is 917. The molecule has 3 rings (SSSR count). The van der Waals surface area contributed by atoms with Crippen LogP contribution in [-0.2, 0) is 19.1 Å². The molecule has 1 heterocycles. The van der Waals surface area contributed by atoms with E-state index in [-0.39, 0.29) is 18.2 Å². The van der Waals surface area contributed by atoms with Crippen molar-refractivity contribution in [2.75, 3.05) is 29.1 Å². The van der Waals surface area contributed by atoms with Crippen LogP contribution in [0.5, 0.6) is 5.75 Å². The Morgan fingerprint density at radius 1 is 1.17 bits per heavy atom. The average molecular weight is 414 g/mol. The zero-order valence-corrected chi connectivity index (χ0v) is 17.0. The second-order valence-electron chi connectivity index (χ2n) is 6.29. The number of benzene rings is 2. The maximum atomic E-state index is 12.4. The van der Waals surface area contributed by atoms with Gasteiger partial charge in [-0.05, 0) is 38.1 Å². The third-order valence-electron chi connectivity index (χ3n) is 4.22. The number of anilines is 2. The molecule has 1 unspecified atom stereocenters. The number of esters is 1. The lowest BCUT2D eigenvalue weighted by Crippen LogP contribution is -2.41. The molecular formula is C21H22N2O5S. The molecule has 0 aliphatic carbocycles. The largest absolute Gasteiger partial charge is 0.492 e. The van der Waals surface area contributed by atoms with Crippen molar-refractivity contribution < 1.29 is 23.9 Å². The van der Waals surface area contributed by atoms with Crippen LogP contribution in [0.1, 0.15) is 13.8 Å². The molecule has 152 valence electrons. The van der Waals surface area contributed by atoms with Gasteiger partial charge in [-0.2, -0.15) is 0 Å². The minimum Gasteiger partial charge on any atom is -0.492 e. The number of para-hydroxylation sites is 3. The van der Waals surface area contributed by atoms with E-state index >= 15 is 0 Å². The predicted molar refractivity (Wildman–Crippen MR) is 111 cm³/mol. The quantitative estimate of drug-likeness (QED) is 0.701. The van der Waals surface area contributed by atoms with Gasteiger partial charge in [0, 0.05) is 4.90 Å². The van der Waals surface area contributed by atoms with Gasteiger partial charge in [0.15, 0.2) is 6.10 Å². The van der Waals surface area contributed by atoms with Gasteiger partial charge in [0.1, 0.15) is 12.3 Å². The first-order valence-electron chi connectivity index (χ1n) is 9.24. The van der Waals surface area contributed by atoms with Gasteiger partial charge in [-0.25, -0.2) is 0 Å². The van der Waals surface area contributed by atoms with Gasteiger partial charge in [0.05, 0.1) is 23.7 Å². The fourth-order valence-electron chi connectivity index (χ4n) is 2.83. The Balaban J connectivity index is 1.61. The first-order chi connectivity index (χ1) is 14.0. The summed E-state index contributed by atoms with van der Waals surface area (Å²) in [4.78, 5) is 39.4. The summed E-state index contributed by atoms with van der Waals surface area (Å²) in [6.45, 7) is 3.55. The topological polar surface area (TPSA) is 84.9 Å². The first-order valence-corrected chi connectivity index (χ1v) is 10.2. The highest BCUT2D eigenvalue weighted by atomic mass is 32.2. The van der Waals surface area contributed by atoms with Crippen molar-refractivity contribution in [1.29, 1.82) is 0 Å². The number of nitrogens with zero attached hydrogens (tertiary/aromatic N) is 1. The second kappa shape index (κ2) is 9.47. The highest BCUT2D eigenvalue weighted by molar-refractivity contribution is 8.00. The fraction of sp³-hybridized carbons (Fsp3) is 0.286. The van der Waals surface area contributed by atoms with Crippen molar-refractivity contribution in [2.45, 2.75) is 24.8 Å². The van der Waals surface area contributed by atoms with Crippen molar-refractivity contribution in [1.82, 2.24) is 0 Å². The highest BCUT2D eigenvalue weighted by Gasteiger charge is 2.28. The number of rotatable bonds is 7. The summed E-state index contributed by atoms with van der Waals surface area (Å²) in [5.74, 6) is -0.510. The Morgan fingerprint density at radius 2 is 1.90 bits per heavy atom. The van der Waals surface area contributed by atoms with Crippen LogP contribution >= 0.6 is 11.8 Å². The van der Waals surface area contributed by atoms with Crippen molar-refractivity contribution in [3.05, 3.63) is 48.5 Å². The number of ether oxygens (including phenoxy) is 2. The van der Waals surface area contributed by atoms with E-state index in [1.54, 1.807) is 30.3 Å². The number of carbonyl (C=O) groups is 3. The second-order valence-corrected chi connectivity index (χ2v) is 7.30. The summed E-state index contributed by atoms with van der Waals surface area (Å²) in [5.41, 5.74) is 1.17. The molecule has 1 N–H and O–H groups in total. The number of hydrogen-bond acceptors (Lipinski definition) is 6. The van der Waals surface area contributed by atoms with Crippen molar-refractivity contribution >= 4 is 40.9 Å². The molecule has 0 aromatic heterocycles. The van der Waals surface area contributed by atoms with Crippen molar-refractivity contribution in [3.63, 3.8) is 0 Å². The van der Waals surface area contributed by atoms with Crippen LogP contribution in [0, 0.1) is 0 Å². The molecular weight excluding hydrogens is 392 g/mol. The number of hydrogen-bond donors (Lipinski definition) is 1. The SMILES string of the molecule is CCOc1ccccc1NC(=O)C(C)OC(=O)CN1C(=O)CSc2ccccc21. The average Bonchev–Trinajstić information content (AvgIpc) is 2.71. The van der Waals surface area contributed by atoms with Gasteiger partial charge < -0.3 is 14.8 Å². The van der Waals surface area contributed by atoms with E-state index in [4.69, 9.17) is 9.47 Å². The van der Waals surface area contributed by atoms with Gasteiger partial charge in [-0.15, -0.1) is 11.8 Å². The lowest BCUT2D eigenvalue weighted by atomic mass is 10.2. The monoisotopic (exact) mass is 414 g/mol. The maximum Gasteiger partial charge on any atom is 0.326 e. The molecule has 0 bridgehead atoms. The van der Waals surface area contributed by atoms with E-state index in [1.165, 1.54) is 23.6 Å². The predicted octanol–water partition coefficient (Wildman–Crippen LogP) is 3.09. The standard InChI is InChI=1S/C21H22N2O5S/c1-3-27-17-10-6-4-8-15(17)22-21(26)14(2)28-20(25)12-23-16-9-5-7-11-18(16)29-13-19(23)24/h4-11,14H,3,12-13H2,1-2H3,(H,22,26). The van der Waals surface area contributed by atoms with Gasteiger partial charge >= 0.3 is 5.97 Å². The number of fused-ring (bicyclic) bond motifs is 1. The summed E-state index contributed by atoms with van der Waals surface area (Å²) in [6.07, 6.45) is -1.03. The Hall–Kier alpha value is -3.00. The number of carbonyl (C=O) groups excluding carboxylic acids is 3. The highest BCUT2D eigenvalue weighted by Crippen LogP contribution is 2.34. The first kappa shape index (κ1) is 20.7. The van der Waals surface area contributed by atoms with Gasteiger partial charge in [-0.1, -0.05) is 24.3 Å². The summed E-state index contributed by atoms with van der Waals surface area (Å²) < 4.78 is 10.7. The molecule has 0 fully saturated rings. The molecule has 2 amide bonds. The van der Waals surface area contributed by atoms with E-state index in [0.29, 0.717) is 23.7 Å². The van der Waals surface area contributed by atoms with Gasteiger partial charge in [0.25, 0.3) is 5.91 Å². The lowest BCUT2D eigenvalue weighted by molar-refractivity contribution is -0.152. The number of nitrogens with one attached hydrogen (secondary N) is 1. The minimum atomic E-state index is -1.03. The smallest absolute Gasteiger partial charge is 0.326 e. The zero-order valence-electron chi connectivity index (χ0n) is 16.2. The molecule has 1 atom stereocenters. The molecule has 2 aromatic rings. The molecule has 7 nitrogen and oxygen atoms in total. The molecule has 2 aromatic carbocycles. The molecule has 1 aliphatic heterocycles. The molecule has 0 saturated carbocycles. The van der Waals surface area contributed by atoms with E-state index in [0.717, 1.165) is 4.90 Å². The maximum absolute atomic E-state index is 12.4. The van der Waals surface area contributed by atoms with Gasteiger partial charge in [0.2, 0.25) is 5.91 Å². The summed E-state index contributed by atoms with van der Waals surface area (Å²) >= 11 is 1.43. The third kappa shape index (κ3) is 5.08. The molecule has 0 saturated heterocycles. The summed E-state index contributed by atoms with van der Waals surface area (Å²) in [5, 5.41) is 2.70. The van der Waals surface area contributed by atoms with Crippen LogP contribution in [0.4, 0.5) is 11.4 Å². The van der Waals surface area contributed by atoms with E-state index < -0.39 is 18.0 Å². The normalized spacial score (nSPS) is 14.0. The van der Waals surface area contributed by atoms with E-state index in [1.807, 2.05) is 25.1 Å². The Morgan fingerprint density at radius 3 is 2.69 bits per heavy atom. The summed E-state index contributed by atoms with van der Waals surface area (Å²) in [7, 11) is 0. The van der Waals surface area contributed by atoms with Crippen LogP contribution in [0.15, 0.2) is 53.4 Å². The van der Waals surface area contributed by atoms with E-state index in [2.05, 4.69) is 5.32 Å². The van der Waals surface area contributed by atoms with E-state index in [9.17, 15) is 14.4 Å². The minimum absolute atomic E-state index is 0.173. The van der Waals surface area contributed by atoms with Crippen molar-refractivity contribution in [2.24, 2.45) is 0 Å². The Labute approximate surface area is 173 Å². The van der Waals surface area contributed by atoms with Crippen molar-refractivity contribution in [3.8, 4) is 5.75 Å². The zero-order chi connectivity index (χ0) is 20.8. The van der Waals surface area contributed by atoms with Crippen LogP contribution in [0.25, 0.3) is 0 Å². The van der Waals surface area contributed by atoms with Crippen LogP contribution in [0.2, 0.25) is 0 Å². The van der Waals surface area contributed by atoms with Crippen LogP contribution in [-0.4, -0.2) is 42.8 Å². The summed E-state index contributed by atoms with van der Waals surface area (Å²) in [6, 6.07) is 14.4. The molecule has 1 aliphatic rings. The number of amides is 2. The Kier molecular flexibility index (Phi) is 6.77. The molecule has 8 heteroatoms. The van der Waals surface area contributed by atoms with Crippen LogP contribution < -0.4 is 15.0 Å². The lowest BCUT2D eigenvalue weighted by Gasteiger charge is -2.28. The van der Waals surface area contributed by atoms with Gasteiger partial charge in [-0.3, -0.25) is 19.3 Å². The molecule has 0 spiro atoms. The fourth-order valence-corrected chi connectivity index (χ4v) is 3.77. The third-order valence-corrected chi connectivity index (χ3v) is 5.27.